The van der Waals surface area contributed by atoms with Crippen LogP contribution in [0.2, 0.25) is 0 Å². The number of benzene rings is 2. The van der Waals surface area contributed by atoms with Gasteiger partial charge in [0.25, 0.3) is 5.91 Å². The first-order chi connectivity index (χ1) is 14.0. The number of rotatable bonds is 11. The Kier molecular flexibility index (Phi) is 8.25. The number of hydrazone groups is 1. The molecule has 0 radical (unpaired) electrons. The van der Waals surface area contributed by atoms with Gasteiger partial charge >= 0.3 is 5.97 Å². The van der Waals surface area contributed by atoms with Gasteiger partial charge in [0.1, 0.15) is 12.4 Å². The topological polar surface area (TPSA) is 106 Å². The van der Waals surface area contributed by atoms with Gasteiger partial charge < -0.3 is 19.3 Å². The van der Waals surface area contributed by atoms with E-state index in [9.17, 15) is 9.59 Å². The molecule has 8 nitrogen and oxygen atoms in total. The first-order valence-corrected chi connectivity index (χ1v) is 8.82. The number of nitrogens with one attached hydrogen (secondary N) is 1. The fourth-order valence-corrected chi connectivity index (χ4v) is 2.25. The fourth-order valence-electron chi connectivity index (χ4n) is 2.25. The predicted octanol–water partition coefficient (Wildman–Crippen LogP) is 2.88. The standard InChI is InChI=1S/C21H22N2O6/c1-3-10-28-18-9-8-16(12-19(18)27-4-2)21(26)23-22-13-15-6-5-7-17(11-15)29-14-20(24)25/h3,5-9,11-13H,1,4,10,14H2,2H3,(H,23,26)(H,24,25)/b22-13+. The number of carboxylic acid groups (broad SMARTS) is 1. The number of ether oxygens (including phenoxy) is 3. The molecule has 0 aliphatic carbocycles. The van der Waals surface area contributed by atoms with Crippen LogP contribution in [-0.2, 0) is 4.79 Å². The van der Waals surface area contributed by atoms with E-state index in [1.54, 1.807) is 48.5 Å². The molecule has 0 spiro atoms. The molecule has 0 saturated heterocycles. The lowest BCUT2D eigenvalue weighted by Crippen LogP contribution is -2.17. The monoisotopic (exact) mass is 398 g/mol. The summed E-state index contributed by atoms with van der Waals surface area (Å²) in [6, 6.07) is 11.5. The summed E-state index contributed by atoms with van der Waals surface area (Å²) in [5.41, 5.74) is 3.42. The van der Waals surface area contributed by atoms with Gasteiger partial charge in [-0.2, -0.15) is 5.10 Å². The molecule has 0 atom stereocenters. The molecule has 0 bridgehead atoms. The zero-order valence-corrected chi connectivity index (χ0v) is 16.0. The number of carbonyl (C=O) groups is 2. The number of hydrogen-bond donors (Lipinski definition) is 2. The molecule has 0 aliphatic rings. The Bertz CT molecular complexity index is 894. The Hall–Kier alpha value is -3.81. The van der Waals surface area contributed by atoms with Crippen molar-refractivity contribution in [3.8, 4) is 17.2 Å². The molecule has 0 aromatic heterocycles. The lowest BCUT2D eigenvalue weighted by Gasteiger charge is -2.12. The zero-order chi connectivity index (χ0) is 21.1. The maximum absolute atomic E-state index is 12.3. The van der Waals surface area contributed by atoms with E-state index in [0.29, 0.717) is 41.6 Å². The smallest absolute Gasteiger partial charge is 0.341 e. The molecule has 0 saturated carbocycles. The second-order valence-electron chi connectivity index (χ2n) is 5.65. The van der Waals surface area contributed by atoms with Crippen molar-refractivity contribution in [2.75, 3.05) is 19.8 Å². The fraction of sp³-hybridized carbons (Fsp3) is 0.190. The quantitative estimate of drug-likeness (QED) is 0.342. The summed E-state index contributed by atoms with van der Waals surface area (Å²) in [5.74, 6) is -0.127. The van der Waals surface area contributed by atoms with Gasteiger partial charge in [0, 0.05) is 5.56 Å². The van der Waals surface area contributed by atoms with Gasteiger partial charge in [0.05, 0.1) is 12.8 Å². The molecule has 2 rings (SSSR count). The highest BCUT2D eigenvalue weighted by atomic mass is 16.5. The number of carbonyl (C=O) groups excluding carboxylic acids is 1. The van der Waals surface area contributed by atoms with E-state index in [1.807, 2.05) is 6.92 Å². The number of hydrogen-bond acceptors (Lipinski definition) is 6. The molecule has 2 N–H and O–H groups in total. The normalized spacial score (nSPS) is 10.4. The molecule has 2 aromatic rings. The summed E-state index contributed by atoms with van der Waals surface area (Å²) in [5, 5.41) is 12.6. The summed E-state index contributed by atoms with van der Waals surface area (Å²) < 4.78 is 16.1. The van der Waals surface area contributed by atoms with E-state index in [0.717, 1.165) is 0 Å². The summed E-state index contributed by atoms with van der Waals surface area (Å²) in [4.78, 5) is 22.9. The van der Waals surface area contributed by atoms with Crippen molar-refractivity contribution in [2.45, 2.75) is 6.92 Å². The Morgan fingerprint density at radius 1 is 1.14 bits per heavy atom. The minimum atomic E-state index is -1.07. The van der Waals surface area contributed by atoms with E-state index < -0.39 is 18.5 Å². The first-order valence-electron chi connectivity index (χ1n) is 8.82. The maximum Gasteiger partial charge on any atom is 0.341 e. The largest absolute Gasteiger partial charge is 0.490 e. The van der Waals surface area contributed by atoms with Gasteiger partial charge in [0.2, 0.25) is 0 Å². The van der Waals surface area contributed by atoms with E-state index in [2.05, 4.69) is 17.1 Å². The molecular formula is C21H22N2O6. The first kappa shape index (κ1) is 21.5. The van der Waals surface area contributed by atoms with Gasteiger partial charge in [-0.05, 0) is 42.8 Å². The molecule has 0 heterocycles. The Labute approximate surface area is 168 Å². The molecule has 152 valence electrons. The minimum Gasteiger partial charge on any atom is -0.490 e. The molecule has 0 aliphatic heterocycles. The predicted molar refractivity (Wildman–Crippen MR) is 108 cm³/mol. The third-order valence-electron chi connectivity index (χ3n) is 3.46. The van der Waals surface area contributed by atoms with Crippen molar-refractivity contribution in [2.24, 2.45) is 5.10 Å². The van der Waals surface area contributed by atoms with Crippen LogP contribution in [-0.4, -0.2) is 43.0 Å². The second-order valence-corrected chi connectivity index (χ2v) is 5.65. The molecule has 2 aromatic carbocycles. The van der Waals surface area contributed by atoms with Crippen LogP contribution in [0.1, 0.15) is 22.8 Å². The SMILES string of the molecule is C=CCOc1ccc(C(=O)N/N=C/c2cccc(OCC(=O)O)c2)cc1OCC. The Morgan fingerprint density at radius 2 is 1.97 bits per heavy atom. The third-order valence-corrected chi connectivity index (χ3v) is 3.46. The summed E-state index contributed by atoms with van der Waals surface area (Å²) >= 11 is 0. The number of aliphatic carboxylic acids is 1. The molecule has 29 heavy (non-hydrogen) atoms. The second kappa shape index (κ2) is 11.1. The van der Waals surface area contributed by atoms with E-state index in [-0.39, 0.29) is 0 Å². The minimum absolute atomic E-state index is 0.325. The van der Waals surface area contributed by atoms with Gasteiger partial charge in [-0.25, -0.2) is 10.2 Å². The summed E-state index contributed by atoms with van der Waals surface area (Å²) in [7, 11) is 0. The van der Waals surface area contributed by atoms with Crippen LogP contribution in [0.3, 0.4) is 0 Å². The Balaban J connectivity index is 2.02. The van der Waals surface area contributed by atoms with Gasteiger partial charge in [-0.1, -0.05) is 24.8 Å². The number of nitrogens with zero attached hydrogens (tertiary/aromatic N) is 1. The van der Waals surface area contributed by atoms with E-state index in [4.69, 9.17) is 19.3 Å². The number of amides is 1. The highest BCUT2D eigenvalue weighted by Crippen LogP contribution is 2.28. The van der Waals surface area contributed by atoms with Gasteiger partial charge in [-0.15, -0.1) is 0 Å². The van der Waals surface area contributed by atoms with Gasteiger partial charge in [-0.3, -0.25) is 4.79 Å². The van der Waals surface area contributed by atoms with Gasteiger partial charge in [0.15, 0.2) is 18.1 Å². The van der Waals surface area contributed by atoms with Crippen LogP contribution in [0.5, 0.6) is 17.2 Å². The van der Waals surface area contributed by atoms with E-state index in [1.165, 1.54) is 6.21 Å². The van der Waals surface area contributed by atoms with Crippen LogP contribution in [0.15, 0.2) is 60.2 Å². The van der Waals surface area contributed by atoms with E-state index >= 15 is 0 Å². The lowest BCUT2D eigenvalue weighted by atomic mass is 10.2. The van der Waals surface area contributed by atoms with Crippen molar-refractivity contribution < 1.29 is 28.9 Å². The Morgan fingerprint density at radius 3 is 2.69 bits per heavy atom. The van der Waals surface area contributed by atoms with Crippen molar-refractivity contribution in [1.82, 2.24) is 5.43 Å². The van der Waals surface area contributed by atoms with Crippen LogP contribution in [0, 0.1) is 0 Å². The molecule has 0 unspecified atom stereocenters. The van der Waals surface area contributed by atoms with Crippen molar-refractivity contribution in [3.63, 3.8) is 0 Å². The molecule has 8 heteroatoms. The molecule has 0 fully saturated rings. The molecular weight excluding hydrogens is 376 g/mol. The van der Waals surface area contributed by atoms with Crippen LogP contribution in [0.25, 0.3) is 0 Å². The van der Waals surface area contributed by atoms with Crippen molar-refractivity contribution in [3.05, 3.63) is 66.2 Å². The molecule has 1 amide bonds. The van der Waals surface area contributed by atoms with Crippen LogP contribution >= 0.6 is 0 Å². The average molecular weight is 398 g/mol. The van der Waals surface area contributed by atoms with Crippen LogP contribution in [0.4, 0.5) is 0 Å². The van der Waals surface area contributed by atoms with Crippen molar-refractivity contribution >= 4 is 18.1 Å². The zero-order valence-electron chi connectivity index (χ0n) is 16.0. The lowest BCUT2D eigenvalue weighted by molar-refractivity contribution is -0.139. The summed E-state index contributed by atoms with van der Waals surface area (Å²) in [6.07, 6.45) is 3.04. The van der Waals surface area contributed by atoms with Crippen LogP contribution < -0.4 is 19.6 Å². The third kappa shape index (κ3) is 7.02. The van der Waals surface area contributed by atoms with Crippen molar-refractivity contribution in [1.29, 1.82) is 0 Å². The summed E-state index contributed by atoms with van der Waals surface area (Å²) in [6.45, 7) is 5.75. The number of carboxylic acids is 1. The maximum atomic E-state index is 12.3. The highest BCUT2D eigenvalue weighted by molar-refractivity contribution is 5.95. The average Bonchev–Trinajstić information content (AvgIpc) is 2.71. The highest BCUT2D eigenvalue weighted by Gasteiger charge is 2.11.